The Bertz CT molecular complexity index is 431. The summed E-state index contributed by atoms with van der Waals surface area (Å²) in [5, 5.41) is 10.2. The molecule has 2 aliphatic heterocycles. The Morgan fingerprint density at radius 2 is 2.32 bits per heavy atom. The van der Waals surface area contributed by atoms with Crippen molar-refractivity contribution in [3.63, 3.8) is 0 Å². The Morgan fingerprint density at radius 1 is 1.53 bits per heavy atom. The van der Waals surface area contributed by atoms with Crippen LogP contribution in [0.25, 0.3) is 0 Å². The third kappa shape index (κ3) is 2.43. The second kappa shape index (κ2) is 5.03. The van der Waals surface area contributed by atoms with E-state index in [1.807, 2.05) is 0 Å². The van der Waals surface area contributed by atoms with Crippen molar-refractivity contribution in [2.24, 2.45) is 0 Å². The number of nitrogens with zero attached hydrogens (tertiary/aromatic N) is 3. The minimum absolute atomic E-state index is 0.340. The van der Waals surface area contributed by atoms with Gasteiger partial charge in [0, 0.05) is 44.2 Å². The minimum atomic E-state index is -0.394. The first-order chi connectivity index (χ1) is 9.22. The normalized spacial score (nSPS) is 31.2. The lowest BCUT2D eigenvalue weighted by atomic mass is 9.97. The van der Waals surface area contributed by atoms with E-state index in [-0.39, 0.29) is 5.60 Å². The van der Waals surface area contributed by atoms with Gasteiger partial charge in [-0.3, -0.25) is 4.90 Å². The molecule has 6 nitrogen and oxygen atoms in total. The molecule has 0 amide bonds. The van der Waals surface area contributed by atoms with Crippen molar-refractivity contribution >= 4 is 0 Å². The molecule has 0 bridgehead atoms. The number of hydrogen-bond acceptors (Lipinski definition) is 6. The highest BCUT2D eigenvalue weighted by molar-refractivity contribution is 5.10. The van der Waals surface area contributed by atoms with Crippen molar-refractivity contribution in [3.05, 3.63) is 18.0 Å². The zero-order chi connectivity index (χ0) is 13.3. The van der Waals surface area contributed by atoms with Crippen LogP contribution in [0.3, 0.4) is 0 Å². The lowest BCUT2D eigenvalue weighted by molar-refractivity contribution is -0.0593. The van der Waals surface area contributed by atoms with Gasteiger partial charge in [0.2, 0.25) is 0 Å². The molecule has 1 aromatic heterocycles. The number of likely N-dealkylation sites (tertiary alicyclic amines) is 1. The zero-order valence-corrected chi connectivity index (χ0v) is 11.1. The Labute approximate surface area is 112 Å². The lowest BCUT2D eigenvalue weighted by Gasteiger charge is -2.25. The summed E-state index contributed by atoms with van der Waals surface area (Å²) in [4.78, 5) is 10.4. The molecule has 0 radical (unpaired) electrons. The van der Waals surface area contributed by atoms with Gasteiger partial charge in [0.05, 0.1) is 13.2 Å². The van der Waals surface area contributed by atoms with E-state index in [0.29, 0.717) is 12.6 Å². The molecule has 2 atom stereocenters. The van der Waals surface area contributed by atoms with Crippen LogP contribution >= 0.6 is 0 Å². The number of hydrogen-bond donors (Lipinski definition) is 1. The van der Waals surface area contributed by atoms with Crippen molar-refractivity contribution in [1.82, 2.24) is 14.9 Å². The SMILES string of the molecule is COc1ncc(CN2C[C@H](O)[C@]3(CCCO3)C2)cn1. The van der Waals surface area contributed by atoms with E-state index in [1.54, 1.807) is 19.5 Å². The van der Waals surface area contributed by atoms with Crippen LogP contribution in [-0.2, 0) is 11.3 Å². The molecule has 1 N–H and O–H groups in total. The van der Waals surface area contributed by atoms with E-state index in [0.717, 1.165) is 38.1 Å². The van der Waals surface area contributed by atoms with Crippen molar-refractivity contribution in [3.8, 4) is 6.01 Å². The van der Waals surface area contributed by atoms with Crippen LogP contribution in [0.4, 0.5) is 0 Å². The van der Waals surface area contributed by atoms with E-state index in [1.165, 1.54) is 0 Å². The smallest absolute Gasteiger partial charge is 0.316 e. The first-order valence-electron chi connectivity index (χ1n) is 6.61. The van der Waals surface area contributed by atoms with E-state index >= 15 is 0 Å². The summed E-state index contributed by atoms with van der Waals surface area (Å²) in [6, 6.07) is 0.376. The van der Waals surface area contributed by atoms with Crippen LogP contribution in [0.5, 0.6) is 6.01 Å². The predicted octanol–water partition coefficient (Wildman–Crippen LogP) is 0.211. The summed E-state index contributed by atoms with van der Waals surface area (Å²) >= 11 is 0. The van der Waals surface area contributed by atoms with Crippen LogP contribution in [-0.4, -0.2) is 58.5 Å². The molecule has 1 aromatic rings. The van der Waals surface area contributed by atoms with Gasteiger partial charge in [-0.15, -0.1) is 0 Å². The fraction of sp³-hybridized carbons (Fsp3) is 0.692. The quantitative estimate of drug-likeness (QED) is 0.842. The highest BCUT2D eigenvalue weighted by Gasteiger charge is 2.48. The fourth-order valence-corrected chi connectivity index (χ4v) is 2.97. The fourth-order valence-electron chi connectivity index (χ4n) is 2.97. The van der Waals surface area contributed by atoms with Crippen LogP contribution in [0.15, 0.2) is 12.4 Å². The van der Waals surface area contributed by atoms with Crippen LogP contribution < -0.4 is 4.74 Å². The number of methoxy groups -OCH3 is 1. The van der Waals surface area contributed by atoms with Gasteiger partial charge in [-0.25, -0.2) is 9.97 Å². The molecular formula is C13H19N3O3. The summed E-state index contributed by atoms with van der Waals surface area (Å²) in [6.07, 6.45) is 5.12. The average Bonchev–Trinajstić information content (AvgIpc) is 3.00. The Kier molecular flexibility index (Phi) is 3.38. The van der Waals surface area contributed by atoms with Crippen LogP contribution in [0.2, 0.25) is 0 Å². The molecule has 0 unspecified atom stereocenters. The van der Waals surface area contributed by atoms with E-state index < -0.39 is 6.10 Å². The molecule has 3 rings (SSSR count). The third-order valence-electron chi connectivity index (χ3n) is 3.93. The summed E-state index contributed by atoms with van der Waals surface area (Å²) in [5.41, 5.74) is 0.677. The molecule has 19 heavy (non-hydrogen) atoms. The number of aromatic nitrogens is 2. The van der Waals surface area contributed by atoms with Gasteiger partial charge in [-0.2, -0.15) is 0 Å². The molecule has 2 aliphatic rings. The van der Waals surface area contributed by atoms with Gasteiger partial charge in [-0.1, -0.05) is 0 Å². The van der Waals surface area contributed by atoms with Crippen LogP contribution in [0.1, 0.15) is 18.4 Å². The molecule has 104 valence electrons. The van der Waals surface area contributed by atoms with Gasteiger partial charge in [0.1, 0.15) is 5.60 Å². The van der Waals surface area contributed by atoms with Crippen molar-refractivity contribution < 1.29 is 14.6 Å². The maximum absolute atomic E-state index is 10.2. The highest BCUT2D eigenvalue weighted by Crippen LogP contribution is 2.35. The standard InChI is InChI=1S/C13H19N3O3/c1-18-12-14-5-10(6-15-12)7-16-8-11(17)13(9-16)3-2-4-19-13/h5-6,11,17H,2-4,7-9H2,1H3/t11-,13-/m0/s1. The third-order valence-corrected chi connectivity index (χ3v) is 3.93. The van der Waals surface area contributed by atoms with E-state index in [9.17, 15) is 5.11 Å². The average molecular weight is 265 g/mol. The van der Waals surface area contributed by atoms with Gasteiger partial charge in [-0.05, 0) is 12.8 Å². The van der Waals surface area contributed by atoms with Crippen molar-refractivity contribution in [2.75, 3.05) is 26.8 Å². The first-order valence-corrected chi connectivity index (χ1v) is 6.61. The minimum Gasteiger partial charge on any atom is -0.467 e. The maximum Gasteiger partial charge on any atom is 0.316 e. The summed E-state index contributed by atoms with van der Waals surface area (Å²) in [5.74, 6) is 0. The molecule has 2 saturated heterocycles. The molecule has 2 fully saturated rings. The van der Waals surface area contributed by atoms with Gasteiger partial charge in [0.25, 0.3) is 0 Å². The summed E-state index contributed by atoms with van der Waals surface area (Å²) < 4.78 is 10.7. The van der Waals surface area contributed by atoms with Crippen molar-refractivity contribution in [2.45, 2.75) is 31.1 Å². The van der Waals surface area contributed by atoms with E-state index in [4.69, 9.17) is 9.47 Å². The number of aliphatic hydroxyl groups is 1. The molecule has 1 spiro atoms. The Hall–Kier alpha value is -1.24. The number of ether oxygens (including phenoxy) is 2. The largest absolute Gasteiger partial charge is 0.467 e. The molecule has 0 aromatic carbocycles. The monoisotopic (exact) mass is 265 g/mol. The Balaban J connectivity index is 1.64. The maximum atomic E-state index is 10.2. The molecular weight excluding hydrogens is 246 g/mol. The number of rotatable bonds is 3. The molecule has 3 heterocycles. The zero-order valence-electron chi connectivity index (χ0n) is 11.1. The highest BCUT2D eigenvalue weighted by atomic mass is 16.5. The summed E-state index contributed by atoms with van der Waals surface area (Å²) in [6.45, 7) is 2.91. The molecule has 6 heteroatoms. The molecule has 0 aliphatic carbocycles. The summed E-state index contributed by atoms with van der Waals surface area (Å²) in [7, 11) is 1.55. The van der Waals surface area contributed by atoms with Crippen LogP contribution in [0, 0.1) is 0 Å². The van der Waals surface area contributed by atoms with E-state index in [2.05, 4.69) is 14.9 Å². The van der Waals surface area contributed by atoms with Gasteiger partial charge in [0.15, 0.2) is 0 Å². The number of β-amino-alcohol motifs (C(OH)–C–C–N with tert-alkyl or cyclic N) is 1. The predicted molar refractivity (Wildman–Crippen MR) is 67.8 cm³/mol. The topological polar surface area (TPSA) is 67.7 Å². The van der Waals surface area contributed by atoms with Crippen molar-refractivity contribution in [1.29, 1.82) is 0 Å². The second-order valence-electron chi connectivity index (χ2n) is 5.28. The Morgan fingerprint density at radius 3 is 2.95 bits per heavy atom. The molecule has 0 saturated carbocycles. The number of aliphatic hydroxyl groups excluding tert-OH is 1. The second-order valence-corrected chi connectivity index (χ2v) is 5.28. The van der Waals surface area contributed by atoms with Gasteiger partial charge >= 0.3 is 6.01 Å². The lowest BCUT2D eigenvalue weighted by Crippen LogP contribution is -2.40. The first kappa shape index (κ1) is 12.8. The van der Waals surface area contributed by atoms with Gasteiger partial charge < -0.3 is 14.6 Å².